The highest BCUT2D eigenvalue weighted by Gasteiger charge is 2.33. The number of hydrogen-bond donors (Lipinski definition) is 4. The fraction of sp³-hybridized carbons (Fsp3) is 0.900. The van der Waals surface area contributed by atoms with Crippen LogP contribution in [0.4, 0.5) is 0 Å². The molecule has 0 aliphatic heterocycles. The molecule has 154 valence electrons. The highest BCUT2D eigenvalue weighted by Crippen LogP contribution is 2.20. The number of carbonyl (C=O) groups excluding carboxylic acids is 1. The minimum atomic E-state index is -1.37. The monoisotopic (exact) mass is 373 g/mol. The topological polar surface area (TPSA) is 107 Å². The molecule has 0 fully saturated rings. The molecule has 0 aliphatic rings. The number of aliphatic hydroxyl groups excluding tert-OH is 2. The Labute approximate surface area is 158 Å². The van der Waals surface area contributed by atoms with Gasteiger partial charge in [0.2, 0.25) is 5.91 Å². The van der Waals surface area contributed by atoms with Crippen LogP contribution in [0.5, 0.6) is 0 Å². The quantitative estimate of drug-likeness (QED) is 0.311. The smallest absolute Gasteiger partial charge is 0.308 e. The van der Waals surface area contributed by atoms with Crippen LogP contribution in [0.2, 0.25) is 0 Å². The van der Waals surface area contributed by atoms with E-state index < -0.39 is 29.3 Å². The Morgan fingerprint density at radius 1 is 0.962 bits per heavy atom. The molecule has 0 aliphatic carbocycles. The fourth-order valence-electron chi connectivity index (χ4n) is 2.78. The molecule has 6 nitrogen and oxygen atoms in total. The Hall–Kier alpha value is -1.14. The van der Waals surface area contributed by atoms with Crippen molar-refractivity contribution in [2.75, 3.05) is 13.2 Å². The van der Waals surface area contributed by atoms with Crippen molar-refractivity contribution >= 4 is 11.9 Å². The van der Waals surface area contributed by atoms with Crippen LogP contribution in [0.25, 0.3) is 0 Å². The number of carboxylic acid groups (broad SMARTS) is 1. The maximum absolute atomic E-state index is 11.9. The van der Waals surface area contributed by atoms with Gasteiger partial charge in [0.1, 0.15) is 6.10 Å². The molecule has 1 amide bonds. The predicted molar refractivity (Wildman–Crippen MR) is 103 cm³/mol. The number of nitrogens with one attached hydrogen (secondary N) is 1. The van der Waals surface area contributed by atoms with Gasteiger partial charge in [0, 0.05) is 12.0 Å². The summed E-state index contributed by atoms with van der Waals surface area (Å²) >= 11 is 0. The van der Waals surface area contributed by atoms with Crippen molar-refractivity contribution in [1.82, 2.24) is 5.32 Å². The number of carbonyl (C=O) groups is 2. The molecular formula is C20H39NO5. The van der Waals surface area contributed by atoms with Gasteiger partial charge in [-0.1, -0.05) is 78.6 Å². The molecule has 6 heteroatoms. The van der Waals surface area contributed by atoms with E-state index in [1.54, 1.807) is 13.8 Å². The highest BCUT2D eigenvalue weighted by atomic mass is 16.4. The van der Waals surface area contributed by atoms with Gasteiger partial charge in [0.05, 0.1) is 12.5 Å². The molecular weight excluding hydrogens is 334 g/mol. The molecule has 0 bridgehead atoms. The van der Waals surface area contributed by atoms with Gasteiger partial charge in [-0.2, -0.15) is 0 Å². The molecule has 0 saturated carbocycles. The summed E-state index contributed by atoms with van der Waals surface area (Å²) in [6.07, 6.45) is 9.68. The second-order valence-electron chi connectivity index (χ2n) is 7.95. The maximum atomic E-state index is 11.9. The first-order valence-electron chi connectivity index (χ1n) is 10.1. The Morgan fingerprint density at radius 2 is 1.46 bits per heavy atom. The van der Waals surface area contributed by atoms with Crippen molar-refractivity contribution in [3.8, 4) is 0 Å². The largest absolute Gasteiger partial charge is 0.481 e. The van der Waals surface area contributed by atoms with Crippen molar-refractivity contribution < 1.29 is 24.9 Å². The summed E-state index contributed by atoms with van der Waals surface area (Å²) in [5.41, 5.74) is -0.958. The zero-order chi connectivity index (χ0) is 20.0. The number of carboxylic acids is 1. The lowest BCUT2D eigenvalue weighted by Crippen LogP contribution is -2.47. The molecule has 0 rings (SSSR count). The third-order valence-electron chi connectivity index (χ3n) is 4.92. The fourth-order valence-corrected chi connectivity index (χ4v) is 2.78. The first kappa shape index (κ1) is 24.9. The normalized spacial score (nSPS) is 14.0. The third-order valence-corrected chi connectivity index (χ3v) is 4.92. The Bertz CT molecular complexity index is 398. The SMILES string of the molecule is CCCCCCCCCCC[C@H](CNC(=O)C(O)C(C)(C)CO)C(=O)O. The third kappa shape index (κ3) is 10.8. The molecule has 26 heavy (non-hydrogen) atoms. The zero-order valence-electron chi connectivity index (χ0n) is 16.8. The second-order valence-corrected chi connectivity index (χ2v) is 7.95. The lowest BCUT2D eigenvalue weighted by Gasteiger charge is -2.27. The Kier molecular flexibility index (Phi) is 13.4. The molecule has 0 radical (unpaired) electrons. The van der Waals surface area contributed by atoms with Crippen LogP contribution < -0.4 is 5.32 Å². The van der Waals surface area contributed by atoms with Gasteiger partial charge in [-0.15, -0.1) is 0 Å². The molecule has 0 aromatic heterocycles. The minimum Gasteiger partial charge on any atom is -0.481 e. The molecule has 0 heterocycles. The lowest BCUT2D eigenvalue weighted by atomic mass is 9.87. The summed E-state index contributed by atoms with van der Waals surface area (Å²) in [4.78, 5) is 23.3. The number of hydrogen-bond acceptors (Lipinski definition) is 4. The number of aliphatic hydroxyl groups is 2. The minimum absolute atomic E-state index is 0.00372. The Balaban J connectivity index is 4.01. The van der Waals surface area contributed by atoms with Crippen molar-refractivity contribution in [3.63, 3.8) is 0 Å². The molecule has 0 spiro atoms. The summed E-state index contributed by atoms with van der Waals surface area (Å²) in [6, 6.07) is 0. The first-order valence-corrected chi connectivity index (χ1v) is 10.1. The van der Waals surface area contributed by atoms with E-state index in [1.165, 1.54) is 38.5 Å². The number of unbranched alkanes of at least 4 members (excludes halogenated alkanes) is 8. The van der Waals surface area contributed by atoms with E-state index in [9.17, 15) is 24.9 Å². The van der Waals surface area contributed by atoms with E-state index in [2.05, 4.69) is 12.2 Å². The van der Waals surface area contributed by atoms with Crippen LogP contribution in [0.15, 0.2) is 0 Å². The van der Waals surface area contributed by atoms with Gasteiger partial charge in [-0.3, -0.25) is 9.59 Å². The molecule has 4 N–H and O–H groups in total. The maximum Gasteiger partial charge on any atom is 0.308 e. The standard InChI is InChI=1S/C20H39NO5/c1-4-5-6-7-8-9-10-11-12-13-16(19(25)26)14-21-18(24)17(23)20(2,3)15-22/h16-17,22-23H,4-15H2,1-3H3,(H,21,24)(H,25,26)/t16-,17?/m1/s1. The van der Waals surface area contributed by atoms with E-state index >= 15 is 0 Å². The number of aliphatic carboxylic acids is 1. The van der Waals surface area contributed by atoms with Crippen molar-refractivity contribution in [3.05, 3.63) is 0 Å². The van der Waals surface area contributed by atoms with Gasteiger partial charge < -0.3 is 20.6 Å². The highest BCUT2D eigenvalue weighted by molar-refractivity contribution is 5.82. The van der Waals surface area contributed by atoms with Crippen LogP contribution in [-0.2, 0) is 9.59 Å². The summed E-state index contributed by atoms with van der Waals surface area (Å²) in [7, 11) is 0. The molecule has 0 aromatic carbocycles. The van der Waals surface area contributed by atoms with E-state index in [-0.39, 0.29) is 13.2 Å². The number of rotatable bonds is 16. The van der Waals surface area contributed by atoms with Gasteiger partial charge in [-0.25, -0.2) is 0 Å². The van der Waals surface area contributed by atoms with Gasteiger partial charge in [-0.05, 0) is 6.42 Å². The van der Waals surface area contributed by atoms with Crippen molar-refractivity contribution in [2.45, 2.75) is 91.1 Å². The van der Waals surface area contributed by atoms with Crippen LogP contribution in [0.3, 0.4) is 0 Å². The Morgan fingerprint density at radius 3 is 1.92 bits per heavy atom. The average Bonchev–Trinajstić information content (AvgIpc) is 2.61. The summed E-state index contributed by atoms with van der Waals surface area (Å²) in [5, 5.41) is 30.9. The lowest BCUT2D eigenvalue weighted by molar-refractivity contribution is -0.143. The molecule has 1 unspecified atom stereocenters. The van der Waals surface area contributed by atoms with Gasteiger partial charge in [0.15, 0.2) is 0 Å². The van der Waals surface area contributed by atoms with Crippen LogP contribution in [-0.4, -0.2) is 46.5 Å². The van der Waals surface area contributed by atoms with E-state index in [0.717, 1.165) is 19.3 Å². The van der Waals surface area contributed by atoms with Crippen LogP contribution >= 0.6 is 0 Å². The van der Waals surface area contributed by atoms with Crippen molar-refractivity contribution in [2.24, 2.45) is 11.3 Å². The van der Waals surface area contributed by atoms with Gasteiger partial charge >= 0.3 is 5.97 Å². The molecule has 0 aromatic rings. The van der Waals surface area contributed by atoms with E-state index in [4.69, 9.17) is 0 Å². The van der Waals surface area contributed by atoms with E-state index in [0.29, 0.717) is 6.42 Å². The average molecular weight is 374 g/mol. The second kappa shape index (κ2) is 14.0. The van der Waals surface area contributed by atoms with Crippen molar-refractivity contribution in [1.29, 1.82) is 0 Å². The van der Waals surface area contributed by atoms with Crippen LogP contribution in [0.1, 0.15) is 85.0 Å². The van der Waals surface area contributed by atoms with Crippen LogP contribution in [0, 0.1) is 11.3 Å². The zero-order valence-corrected chi connectivity index (χ0v) is 16.8. The summed E-state index contributed by atoms with van der Waals surface area (Å²) < 4.78 is 0. The van der Waals surface area contributed by atoms with E-state index in [1.807, 2.05) is 0 Å². The molecule has 2 atom stereocenters. The first-order chi connectivity index (χ1) is 12.3. The number of amides is 1. The molecule has 0 saturated heterocycles. The van der Waals surface area contributed by atoms with Gasteiger partial charge in [0.25, 0.3) is 0 Å². The summed E-state index contributed by atoms with van der Waals surface area (Å²) in [5.74, 6) is -2.21. The summed E-state index contributed by atoms with van der Waals surface area (Å²) in [6.45, 7) is 5.03. The predicted octanol–water partition coefficient (Wildman–Crippen LogP) is 3.10.